The predicted octanol–water partition coefficient (Wildman–Crippen LogP) is 3.52. The van der Waals surface area contributed by atoms with E-state index in [0.29, 0.717) is 33.0 Å². The molecule has 0 saturated heterocycles. The first-order chi connectivity index (χ1) is 10.9. The summed E-state index contributed by atoms with van der Waals surface area (Å²) >= 11 is 8.41. The van der Waals surface area contributed by atoms with Gasteiger partial charge in [-0.2, -0.15) is 0 Å². The number of hydrogen-bond donors (Lipinski definition) is 3. The molecule has 0 aromatic heterocycles. The van der Waals surface area contributed by atoms with Crippen LogP contribution in [0.1, 0.15) is 43.5 Å². The Bertz CT molecular complexity index is 599. The van der Waals surface area contributed by atoms with Crippen LogP contribution in [0.15, 0.2) is 22.7 Å². The smallest absolute Gasteiger partial charge is 0.270 e. The maximum absolute atomic E-state index is 13.0. The maximum atomic E-state index is 13.0. The lowest BCUT2D eigenvalue weighted by Crippen LogP contribution is -2.52. The Hall–Kier alpha value is -1.21. The third-order valence-corrected chi connectivity index (χ3v) is 5.36. The van der Waals surface area contributed by atoms with Gasteiger partial charge in [0, 0.05) is 10.5 Å². The fourth-order valence-electron chi connectivity index (χ4n) is 2.84. The number of hydrogen-bond acceptors (Lipinski definition) is 2. The van der Waals surface area contributed by atoms with E-state index < -0.39 is 5.82 Å². The van der Waals surface area contributed by atoms with Gasteiger partial charge in [0.2, 0.25) is 0 Å². The minimum absolute atomic E-state index is 0.313. The van der Waals surface area contributed by atoms with Gasteiger partial charge in [0.25, 0.3) is 5.91 Å². The van der Waals surface area contributed by atoms with E-state index in [4.69, 9.17) is 12.2 Å². The Kier molecular flexibility index (Phi) is 6.35. The van der Waals surface area contributed by atoms with Gasteiger partial charge in [-0.25, -0.2) is 4.39 Å². The minimum Gasteiger partial charge on any atom is -0.358 e. The third-order valence-electron chi connectivity index (χ3n) is 4.49. The second kappa shape index (κ2) is 8.06. The van der Waals surface area contributed by atoms with E-state index in [-0.39, 0.29) is 5.91 Å². The van der Waals surface area contributed by atoms with Crippen LogP contribution in [0.4, 0.5) is 4.39 Å². The van der Waals surface area contributed by atoms with Crippen molar-refractivity contribution in [1.29, 1.82) is 0 Å². The molecule has 0 radical (unpaired) electrons. The lowest BCUT2D eigenvalue weighted by molar-refractivity contribution is 0.0942. The zero-order valence-electron chi connectivity index (χ0n) is 13.2. The number of carbonyl (C=O) groups excluding carboxylic acids is 1. The number of carbonyl (C=O) groups is 1. The second-order valence-corrected chi connectivity index (χ2v) is 7.31. The van der Waals surface area contributed by atoms with E-state index in [1.54, 1.807) is 0 Å². The summed E-state index contributed by atoms with van der Waals surface area (Å²) in [6.45, 7) is 4.47. The molecule has 23 heavy (non-hydrogen) atoms. The standard InChI is InChI=1S/C16H21BrFN3OS/c1-9-4-3-5-14(10(9)2)19-16(23)21-20-15(22)12-7-6-11(18)8-13(12)17/h6-10,14H,3-5H2,1-2H3,(H,20,22)(H2,19,21,23)/t9-,10-,14-/m1/s1. The molecule has 4 nitrogen and oxygen atoms in total. The molecule has 3 N–H and O–H groups in total. The molecule has 126 valence electrons. The lowest BCUT2D eigenvalue weighted by atomic mass is 9.78. The molecular formula is C16H21BrFN3OS. The van der Waals surface area contributed by atoms with Gasteiger partial charge < -0.3 is 5.32 Å². The molecule has 0 bridgehead atoms. The first-order valence-electron chi connectivity index (χ1n) is 7.70. The molecule has 1 aliphatic carbocycles. The van der Waals surface area contributed by atoms with Crippen molar-refractivity contribution in [3.63, 3.8) is 0 Å². The van der Waals surface area contributed by atoms with E-state index >= 15 is 0 Å². The summed E-state index contributed by atoms with van der Waals surface area (Å²) in [4.78, 5) is 12.1. The Morgan fingerprint density at radius 1 is 1.30 bits per heavy atom. The quantitative estimate of drug-likeness (QED) is 0.524. The van der Waals surface area contributed by atoms with Crippen molar-refractivity contribution in [2.24, 2.45) is 11.8 Å². The summed E-state index contributed by atoms with van der Waals surface area (Å²) in [5.41, 5.74) is 5.58. The Morgan fingerprint density at radius 2 is 2.04 bits per heavy atom. The molecule has 0 aliphatic heterocycles. The zero-order chi connectivity index (χ0) is 17.0. The average molecular weight is 402 g/mol. The molecule has 1 saturated carbocycles. The van der Waals surface area contributed by atoms with Crippen LogP contribution in [0.2, 0.25) is 0 Å². The van der Waals surface area contributed by atoms with E-state index in [1.807, 2.05) is 0 Å². The fourth-order valence-corrected chi connectivity index (χ4v) is 3.58. The van der Waals surface area contributed by atoms with Crippen LogP contribution in [-0.4, -0.2) is 17.1 Å². The lowest BCUT2D eigenvalue weighted by Gasteiger charge is -2.35. The number of hydrazine groups is 1. The van der Waals surface area contributed by atoms with Crippen LogP contribution >= 0.6 is 28.1 Å². The van der Waals surface area contributed by atoms with Gasteiger partial charge in [0.15, 0.2) is 5.11 Å². The molecule has 0 unspecified atom stereocenters. The molecule has 1 fully saturated rings. The molecule has 0 heterocycles. The SMILES string of the molecule is C[C@@H]1[C@H](C)CCC[C@H]1NC(=S)NNC(=O)c1ccc(F)cc1Br. The minimum atomic E-state index is -0.404. The van der Waals surface area contributed by atoms with Crippen molar-refractivity contribution >= 4 is 39.2 Å². The van der Waals surface area contributed by atoms with Crippen LogP contribution < -0.4 is 16.2 Å². The maximum Gasteiger partial charge on any atom is 0.270 e. The number of halogens is 2. The molecule has 1 aliphatic rings. The number of thiocarbonyl (C=S) groups is 1. The van der Waals surface area contributed by atoms with Crippen molar-refractivity contribution in [2.75, 3.05) is 0 Å². The largest absolute Gasteiger partial charge is 0.358 e. The van der Waals surface area contributed by atoms with E-state index in [0.717, 1.165) is 6.42 Å². The average Bonchev–Trinajstić information content (AvgIpc) is 2.49. The van der Waals surface area contributed by atoms with E-state index in [9.17, 15) is 9.18 Å². The summed E-state index contributed by atoms with van der Waals surface area (Å²) < 4.78 is 13.4. The topological polar surface area (TPSA) is 53.2 Å². The molecule has 1 amide bonds. The molecule has 1 aromatic carbocycles. The highest BCUT2D eigenvalue weighted by molar-refractivity contribution is 9.10. The van der Waals surface area contributed by atoms with Gasteiger partial charge in [0.05, 0.1) is 5.56 Å². The van der Waals surface area contributed by atoms with Gasteiger partial charge in [-0.3, -0.25) is 15.6 Å². The summed E-state index contributed by atoms with van der Waals surface area (Å²) in [6, 6.07) is 4.21. The van der Waals surface area contributed by atoms with Crippen LogP contribution in [0.3, 0.4) is 0 Å². The van der Waals surface area contributed by atoms with Gasteiger partial charge >= 0.3 is 0 Å². The normalized spacial score (nSPS) is 23.9. The molecule has 1 aromatic rings. The third kappa shape index (κ3) is 4.88. The van der Waals surface area contributed by atoms with Gasteiger partial charge in [-0.1, -0.05) is 26.7 Å². The van der Waals surface area contributed by atoms with Crippen molar-refractivity contribution < 1.29 is 9.18 Å². The summed E-state index contributed by atoms with van der Waals surface area (Å²) in [7, 11) is 0. The Balaban J connectivity index is 1.85. The first kappa shape index (κ1) is 18.1. The van der Waals surface area contributed by atoms with Crippen molar-refractivity contribution in [2.45, 2.75) is 39.2 Å². The molecular weight excluding hydrogens is 381 g/mol. The second-order valence-electron chi connectivity index (χ2n) is 6.05. The van der Waals surface area contributed by atoms with E-state index in [1.165, 1.54) is 31.0 Å². The number of benzene rings is 1. The highest BCUT2D eigenvalue weighted by Gasteiger charge is 2.27. The van der Waals surface area contributed by atoms with Crippen molar-refractivity contribution in [3.05, 3.63) is 34.1 Å². The van der Waals surface area contributed by atoms with Gasteiger partial charge in [0.1, 0.15) is 5.82 Å². The van der Waals surface area contributed by atoms with Gasteiger partial charge in [-0.15, -0.1) is 0 Å². The van der Waals surface area contributed by atoms with Crippen molar-refractivity contribution in [1.82, 2.24) is 16.2 Å². The first-order valence-corrected chi connectivity index (χ1v) is 8.90. The summed E-state index contributed by atoms with van der Waals surface area (Å²) in [6.07, 6.45) is 3.50. The fraction of sp³-hybridized carbons (Fsp3) is 0.500. The predicted molar refractivity (Wildman–Crippen MR) is 96.4 cm³/mol. The molecule has 3 atom stereocenters. The summed E-state index contributed by atoms with van der Waals surface area (Å²) in [5, 5.41) is 3.65. The molecule has 2 rings (SSSR count). The number of nitrogens with one attached hydrogen (secondary N) is 3. The van der Waals surface area contributed by atoms with Crippen LogP contribution in [0.25, 0.3) is 0 Å². The Morgan fingerprint density at radius 3 is 2.74 bits per heavy atom. The molecule has 7 heteroatoms. The van der Waals surface area contributed by atoms with Crippen LogP contribution in [-0.2, 0) is 0 Å². The zero-order valence-corrected chi connectivity index (χ0v) is 15.6. The number of amides is 1. The monoisotopic (exact) mass is 401 g/mol. The molecule has 0 spiro atoms. The highest BCUT2D eigenvalue weighted by Crippen LogP contribution is 2.29. The Labute approximate surface area is 149 Å². The van der Waals surface area contributed by atoms with Crippen LogP contribution in [0.5, 0.6) is 0 Å². The highest BCUT2D eigenvalue weighted by atomic mass is 79.9. The van der Waals surface area contributed by atoms with Crippen LogP contribution in [0, 0.1) is 17.7 Å². The summed E-state index contributed by atoms with van der Waals surface area (Å²) in [5.74, 6) is 0.407. The van der Waals surface area contributed by atoms with Gasteiger partial charge in [-0.05, 0) is 64.6 Å². The number of rotatable bonds is 2. The van der Waals surface area contributed by atoms with E-state index in [2.05, 4.69) is 45.9 Å². The van der Waals surface area contributed by atoms with Crippen molar-refractivity contribution in [3.8, 4) is 0 Å².